The Balaban J connectivity index is 1.83. The molecule has 7 heteroatoms. The van der Waals surface area contributed by atoms with Gasteiger partial charge in [-0.1, -0.05) is 0 Å². The van der Waals surface area contributed by atoms with Crippen molar-refractivity contribution < 1.29 is 9.59 Å². The van der Waals surface area contributed by atoms with Crippen LogP contribution in [0.15, 0.2) is 11.6 Å². The van der Waals surface area contributed by atoms with Gasteiger partial charge < -0.3 is 10.6 Å². The zero-order valence-electron chi connectivity index (χ0n) is 12.4. The zero-order valence-corrected chi connectivity index (χ0v) is 13.3. The van der Waals surface area contributed by atoms with Gasteiger partial charge in [-0.3, -0.25) is 14.9 Å². The second-order valence-corrected chi connectivity index (χ2v) is 6.62. The minimum Gasteiger partial charge on any atom is -0.354 e. The monoisotopic (exact) mass is 310 g/mol. The Kier molecular flexibility index (Phi) is 5.30. The van der Waals surface area contributed by atoms with Gasteiger partial charge in [-0.2, -0.15) is 0 Å². The molecule has 1 fully saturated rings. The highest BCUT2D eigenvalue weighted by atomic mass is 32.1. The molecule has 0 aliphatic carbocycles. The Hall–Kier alpha value is -1.47. The molecule has 2 amide bonds. The Morgan fingerprint density at radius 2 is 2.33 bits per heavy atom. The van der Waals surface area contributed by atoms with Crippen LogP contribution in [-0.4, -0.2) is 35.9 Å². The lowest BCUT2D eigenvalue weighted by Gasteiger charge is -2.24. The van der Waals surface area contributed by atoms with Crippen molar-refractivity contribution in [2.45, 2.75) is 44.7 Å². The molecule has 2 rings (SSSR count). The van der Waals surface area contributed by atoms with E-state index in [1.165, 1.54) is 0 Å². The van der Waals surface area contributed by atoms with Crippen molar-refractivity contribution in [1.82, 2.24) is 20.9 Å². The van der Waals surface area contributed by atoms with Gasteiger partial charge in [0.2, 0.25) is 11.8 Å². The number of nitrogens with zero attached hydrogens (tertiary/aromatic N) is 1. The maximum absolute atomic E-state index is 12.0. The molecule has 1 atom stereocenters. The largest absolute Gasteiger partial charge is 0.354 e. The summed E-state index contributed by atoms with van der Waals surface area (Å²) in [5.41, 5.74) is -0.364. The quantitative estimate of drug-likeness (QED) is 0.749. The van der Waals surface area contributed by atoms with E-state index in [0.29, 0.717) is 13.0 Å². The van der Waals surface area contributed by atoms with E-state index < -0.39 is 6.04 Å². The van der Waals surface area contributed by atoms with E-state index in [1.807, 2.05) is 19.2 Å². The van der Waals surface area contributed by atoms with Crippen LogP contribution in [0.3, 0.4) is 0 Å². The third-order valence-corrected chi connectivity index (χ3v) is 4.63. The van der Waals surface area contributed by atoms with Gasteiger partial charge in [-0.25, -0.2) is 4.98 Å². The zero-order chi connectivity index (χ0) is 15.3. The Bertz CT molecular complexity index is 487. The van der Waals surface area contributed by atoms with Crippen molar-refractivity contribution in [2.75, 3.05) is 13.1 Å². The highest BCUT2D eigenvalue weighted by Gasteiger charge is 2.26. The molecule has 0 saturated carbocycles. The van der Waals surface area contributed by atoms with Gasteiger partial charge in [-0.05, 0) is 33.1 Å². The lowest BCUT2D eigenvalue weighted by atomic mass is 10.1. The van der Waals surface area contributed by atoms with Crippen LogP contribution in [0.5, 0.6) is 0 Å². The molecular formula is C14H22N4O2S. The average molecular weight is 310 g/mol. The van der Waals surface area contributed by atoms with Crippen molar-refractivity contribution in [1.29, 1.82) is 0 Å². The number of hydrogen-bond acceptors (Lipinski definition) is 5. The summed E-state index contributed by atoms with van der Waals surface area (Å²) in [4.78, 5) is 28.1. The molecule has 21 heavy (non-hydrogen) atoms. The summed E-state index contributed by atoms with van der Waals surface area (Å²) in [7, 11) is 0. The second-order valence-electron chi connectivity index (χ2n) is 5.72. The van der Waals surface area contributed by atoms with E-state index in [-0.39, 0.29) is 23.9 Å². The van der Waals surface area contributed by atoms with Gasteiger partial charge in [0, 0.05) is 18.1 Å². The van der Waals surface area contributed by atoms with Crippen molar-refractivity contribution in [3.8, 4) is 0 Å². The minimum absolute atomic E-state index is 0.0833. The van der Waals surface area contributed by atoms with Crippen molar-refractivity contribution >= 4 is 23.2 Å². The summed E-state index contributed by atoms with van der Waals surface area (Å²) >= 11 is 1.55. The standard InChI is InChI=1S/C14H22N4O2S/c1-14(2,13-16-7-8-21-13)17-9-11(19)18-10-5-3-4-6-15-12(10)20/h7-8,10,17H,3-6,9H2,1-2H3,(H,15,20)(H,18,19)/t10-/m0/s1. The molecule has 0 bridgehead atoms. The first-order chi connectivity index (χ1) is 9.99. The molecule has 1 saturated heterocycles. The Morgan fingerprint density at radius 3 is 3.05 bits per heavy atom. The molecular weight excluding hydrogens is 288 g/mol. The highest BCUT2D eigenvalue weighted by molar-refractivity contribution is 7.09. The lowest BCUT2D eigenvalue weighted by Crippen LogP contribution is -2.50. The summed E-state index contributed by atoms with van der Waals surface area (Å²) < 4.78 is 0. The van der Waals surface area contributed by atoms with Crippen LogP contribution in [0, 0.1) is 0 Å². The molecule has 0 unspecified atom stereocenters. The molecule has 1 aromatic heterocycles. The molecule has 0 aromatic carbocycles. The number of amides is 2. The molecule has 3 N–H and O–H groups in total. The third-order valence-electron chi connectivity index (χ3n) is 3.53. The fraction of sp³-hybridized carbons (Fsp3) is 0.643. The highest BCUT2D eigenvalue weighted by Crippen LogP contribution is 2.21. The predicted molar refractivity (Wildman–Crippen MR) is 81.9 cm³/mol. The van der Waals surface area contributed by atoms with Crippen LogP contribution in [-0.2, 0) is 15.1 Å². The number of carbonyl (C=O) groups is 2. The van der Waals surface area contributed by atoms with Crippen LogP contribution in [0.1, 0.15) is 38.1 Å². The van der Waals surface area contributed by atoms with Crippen LogP contribution < -0.4 is 16.0 Å². The SMILES string of the molecule is CC(C)(NCC(=O)N[C@H]1CCCCNC1=O)c1nccs1. The predicted octanol–water partition coefficient (Wildman–Crippen LogP) is 0.753. The lowest BCUT2D eigenvalue weighted by molar-refractivity contribution is -0.128. The summed E-state index contributed by atoms with van der Waals surface area (Å²) in [5.74, 6) is -0.248. The molecule has 1 aliphatic rings. The molecule has 1 aromatic rings. The maximum atomic E-state index is 12.0. The Morgan fingerprint density at radius 1 is 1.52 bits per heavy atom. The van der Waals surface area contributed by atoms with Crippen LogP contribution in [0.4, 0.5) is 0 Å². The first-order valence-corrected chi connectivity index (χ1v) is 8.09. The fourth-order valence-electron chi connectivity index (χ4n) is 2.23. The van der Waals surface area contributed by atoms with Crippen LogP contribution >= 0.6 is 11.3 Å². The van der Waals surface area contributed by atoms with Gasteiger partial charge in [0.1, 0.15) is 11.0 Å². The van der Waals surface area contributed by atoms with E-state index in [0.717, 1.165) is 17.8 Å². The van der Waals surface area contributed by atoms with E-state index in [9.17, 15) is 9.59 Å². The summed E-state index contributed by atoms with van der Waals surface area (Å²) in [6, 6.07) is -0.412. The van der Waals surface area contributed by atoms with Gasteiger partial charge in [0.15, 0.2) is 0 Å². The van der Waals surface area contributed by atoms with Gasteiger partial charge in [-0.15, -0.1) is 11.3 Å². The number of carbonyl (C=O) groups excluding carboxylic acids is 2. The fourth-order valence-corrected chi connectivity index (χ4v) is 2.97. The number of hydrogen-bond donors (Lipinski definition) is 3. The van der Waals surface area contributed by atoms with Gasteiger partial charge >= 0.3 is 0 Å². The molecule has 2 heterocycles. The molecule has 0 spiro atoms. The summed E-state index contributed by atoms with van der Waals surface area (Å²) in [6.07, 6.45) is 4.36. The second kappa shape index (κ2) is 7.00. The van der Waals surface area contributed by atoms with E-state index >= 15 is 0 Å². The smallest absolute Gasteiger partial charge is 0.242 e. The first kappa shape index (κ1) is 15.9. The number of thiazole rings is 1. The van der Waals surface area contributed by atoms with Gasteiger partial charge in [0.25, 0.3) is 0 Å². The molecule has 0 radical (unpaired) electrons. The third kappa shape index (κ3) is 4.50. The Labute approximate surface area is 128 Å². The molecule has 116 valence electrons. The molecule has 6 nitrogen and oxygen atoms in total. The van der Waals surface area contributed by atoms with Crippen LogP contribution in [0.25, 0.3) is 0 Å². The van der Waals surface area contributed by atoms with E-state index in [4.69, 9.17) is 0 Å². The molecule has 1 aliphatic heterocycles. The van der Waals surface area contributed by atoms with Crippen molar-refractivity contribution in [3.05, 3.63) is 16.6 Å². The minimum atomic E-state index is -0.412. The number of nitrogens with one attached hydrogen (secondary N) is 3. The summed E-state index contributed by atoms with van der Waals surface area (Å²) in [5, 5.41) is 11.6. The van der Waals surface area contributed by atoms with E-state index in [2.05, 4.69) is 20.9 Å². The van der Waals surface area contributed by atoms with Gasteiger partial charge in [0.05, 0.1) is 12.1 Å². The first-order valence-electron chi connectivity index (χ1n) is 7.21. The maximum Gasteiger partial charge on any atom is 0.242 e. The van der Waals surface area contributed by atoms with E-state index in [1.54, 1.807) is 17.5 Å². The van der Waals surface area contributed by atoms with Crippen molar-refractivity contribution in [3.63, 3.8) is 0 Å². The van der Waals surface area contributed by atoms with Crippen molar-refractivity contribution in [2.24, 2.45) is 0 Å². The number of rotatable bonds is 5. The average Bonchev–Trinajstić information content (AvgIpc) is 2.92. The summed E-state index contributed by atoms with van der Waals surface area (Å²) in [6.45, 7) is 4.83. The topological polar surface area (TPSA) is 83.1 Å². The number of aromatic nitrogens is 1. The normalized spacial score (nSPS) is 19.7. The van der Waals surface area contributed by atoms with Crippen LogP contribution in [0.2, 0.25) is 0 Å².